The van der Waals surface area contributed by atoms with Gasteiger partial charge in [-0.25, -0.2) is 0 Å². The fraction of sp³-hybridized carbons (Fsp3) is 0.640. The Labute approximate surface area is 190 Å². The first-order valence-corrected chi connectivity index (χ1v) is 11.1. The molecule has 0 aromatic heterocycles. The maximum absolute atomic E-state index is 12.7. The molecule has 0 spiro atoms. The van der Waals surface area contributed by atoms with E-state index in [1.165, 1.54) is 18.3 Å². The minimum atomic E-state index is -4.47. The normalized spacial score (nSPS) is 22.8. The van der Waals surface area contributed by atoms with Crippen molar-refractivity contribution in [2.45, 2.75) is 79.0 Å². The maximum Gasteiger partial charge on any atom is 0.405 e. The number of hydrogen-bond donors (Lipinski definition) is 2. The van der Waals surface area contributed by atoms with E-state index < -0.39 is 36.4 Å². The number of allylic oxidation sites excluding steroid dienone is 7. The van der Waals surface area contributed by atoms with Crippen molar-refractivity contribution in [3.05, 3.63) is 46.4 Å². The molecule has 1 aliphatic rings. The molecule has 0 bridgehead atoms. The molecule has 1 rings (SSSR count). The molecule has 0 amide bonds. The van der Waals surface area contributed by atoms with E-state index in [2.05, 4.69) is 38.2 Å². The van der Waals surface area contributed by atoms with Crippen LogP contribution >= 0.6 is 0 Å². The first-order chi connectivity index (χ1) is 14.9. The van der Waals surface area contributed by atoms with Crippen LogP contribution in [0.4, 0.5) is 13.2 Å². The Hall–Kier alpha value is -2.02. The van der Waals surface area contributed by atoms with Crippen molar-refractivity contribution < 1.29 is 27.8 Å². The molecule has 0 saturated heterocycles. The number of Topliss-reactive ketones (excluding diaryl/α,β-unsaturated/α-hetero) is 1. The largest absolute Gasteiger partial charge is 0.491 e. The van der Waals surface area contributed by atoms with E-state index in [0.717, 1.165) is 31.3 Å². The molecule has 0 aromatic rings. The number of ether oxygens (including phenoxy) is 1. The molecule has 0 aromatic carbocycles. The van der Waals surface area contributed by atoms with Crippen LogP contribution in [0, 0.1) is 11.8 Å². The summed E-state index contributed by atoms with van der Waals surface area (Å²) in [6.45, 7) is 8.64. The molecule has 0 heterocycles. The Morgan fingerprint density at radius 2 is 1.62 bits per heavy atom. The summed E-state index contributed by atoms with van der Waals surface area (Å²) < 4.78 is 43.0. The summed E-state index contributed by atoms with van der Waals surface area (Å²) in [6.07, 6.45) is 4.94. The third-order valence-corrected chi connectivity index (χ3v) is 5.77. The quantitative estimate of drug-likeness (QED) is 0.374. The maximum atomic E-state index is 12.7. The lowest BCUT2D eigenvalue weighted by Gasteiger charge is -2.35. The van der Waals surface area contributed by atoms with Gasteiger partial charge in [0, 0.05) is 11.8 Å². The van der Waals surface area contributed by atoms with Crippen LogP contribution in [0.25, 0.3) is 0 Å². The van der Waals surface area contributed by atoms with Gasteiger partial charge in [0.1, 0.15) is 12.6 Å². The number of hydrogen-bond acceptors (Lipinski definition) is 4. The minimum Gasteiger partial charge on any atom is -0.491 e. The first-order valence-electron chi connectivity index (χ1n) is 11.1. The molecule has 182 valence electrons. The predicted molar refractivity (Wildman–Crippen MR) is 122 cm³/mol. The zero-order valence-electron chi connectivity index (χ0n) is 20.1. The van der Waals surface area contributed by atoms with Gasteiger partial charge in [-0.05, 0) is 59.8 Å². The van der Waals surface area contributed by atoms with Crippen molar-refractivity contribution in [2.75, 3.05) is 13.7 Å². The zero-order valence-corrected chi connectivity index (χ0v) is 20.1. The average Bonchev–Trinajstić information content (AvgIpc) is 2.68. The number of methoxy groups -OCH3 is 1. The molecular weight excluding hydrogens is 419 g/mol. The molecular formula is C25H38F3NO3. The number of ketones is 1. The van der Waals surface area contributed by atoms with Gasteiger partial charge in [0.25, 0.3) is 0 Å². The Balaban J connectivity index is 2.77. The van der Waals surface area contributed by atoms with Crippen LogP contribution in [0.1, 0.15) is 66.7 Å². The smallest absolute Gasteiger partial charge is 0.405 e. The highest BCUT2D eigenvalue weighted by Gasteiger charge is 2.42. The number of aliphatic hydroxyl groups excluding tert-OH is 1. The lowest BCUT2D eigenvalue weighted by atomic mass is 9.76. The Bertz CT molecular complexity index is 759. The van der Waals surface area contributed by atoms with Gasteiger partial charge in [0.05, 0.1) is 12.8 Å². The fourth-order valence-electron chi connectivity index (χ4n) is 3.76. The Morgan fingerprint density at radius 1 is 1.06 bits per heavy atom. The fourth-order valence-corrected chi connectivity index (χ4v) is 3.76. The second kappa shape index (κ2) is 12.9. The Morgan fingerprint density at radius 3 is 2.16 bits per heavy atom. The number of carbonyl (C=O) groups is 1. The third-order valence-electron chi connectivity index (χ3n) is 5.77. The summed E-state index contributed by atoms with van der Waals surface area (Å²) in [5.41, 5.74) is 3.60. The molecule has 0 aliphatic heterocycles. The average molecular weight is 458 g/mol. The summed E-state index contributed by atoms with van der Waals surface area (Å²) >= 11 is 0. The lowest BCUT2D eigenvalue weighted by Crippen LogP contribution is -2.45. The summed E-state index contributed by atoms with van der Waals surface area (Å²) in [7, 11) is 1.22. The SMILES string of the molecule is COC1=C(NCC(F)(F)F)[C@@H](O)[C@@H](C/C=C(\C)CC/C=C(\C)CCC=C(C)C)[C@H](C)C1=O. The highest BCUT2D eigenvalue weighted by molar-refractivity contribution is 5.97. The molecule has 1 aliphatic carbocycles. The van der Waals surface area contributed by atoms with Crippen LogP contribution in [0.5, 0.6) is 0 Å². The van der Waals surface area contributed by atoms with Crippen LogP contribution in [0.3, 0.4) is 0 Å². The summed E-state index contributed by atoms with van der Waals surface area (Å²) in [5.74, 6) is -1.69. The highest BCUT2D eigenvalue weighted by atomic mass is 19.4. The number of nitrogens with one attached hydrogen (secondary N) is 1. The van der Waals surface area contributed by atoms with Crippen molar-refractivity contribution in [1.82, 2.24) is 5.32 Å². The molecule has 4 nitrogen and oxygen atoms in total. The molecule has 0 radical (unpaired) electrons. The van der Waals surface area contributed by atoms with Crippen molar-refractivity contribution in [3.8, 4) is 0 Å². The second-order valence-electron chi connectivity index (χ2n) is 8.87. The minimum absolute atomic E-state index is 0.182. The third kappa shape index (κ3) is 9.23. The summed E-state index contributed by atoms with van der Waals surface area (Å²) in [5, 5.41) is 12.9. The molecule has 7 heteroatoms. The molecule has 0 unspecified atom stereocenters. The van der Waals surface area contributed by atoms with Crippen LogP contribution < -0.4 is 5.32 Å². The molecule has 0 saturated carbocycles. The van der Waals surface area contributed by atoms with Crippen molar-refractivity contribution in [2.24, 2.45) is 11.8 Å². The summed E-state index contributed by atoms with van der Waals surface area (Å²) in [4.78, 5) is 12.6. The van der Waals surface area contributed by atoms with Crippen molar-refractivity contribution in [1.29, 1.82) is 0 Å². The van der Waals surface area contributed by atoms with Crippen LogP contribution in [-0.4, -0.2) is 36.8 Å². The van der Waals surface area contributed by atoms with E-state index in [4.69, 9.17) is 4.74 Å². The molecule has 0 fully saturated rings. The second-order valence-corrected chi connectivity index (χ2v) is 8.87. The summed E-state index contributed by atoms with van der Waals surface area (Å²) in [6, 6.07) is 0. The van der Waals surface area contributed by atoms with Gasteiger partial charge < -0.3 is 15.2 Å². The number of aliphatic hydroxyl groups is 1. The number of rotatable bonds is 11. The van der Waals surface area contributed by atoms with Gasteiger partial charge in [-0.15, -0.1) is 0 Å². The van der Waals surface area contributed by atoms with Crippen molar-refractivity contribution in [3.63, 3.8) is 0 Å². The zero-order chi connectivity index (χ0) is 24.5. The van der Waals surface area contributed by atoms with Gasteiger partial charge in [-0.3, -0.25) is 4.79 Å². The number of halogens is 3. The topological polar surface area (TPSA) is 58.6 Å². The van der Waals surface area contributed by atoms with Crippen LogP contribution in [-0.2, 0) is 9.53 Å². The predicted octanol–water partition coefficient (Wildman–Crippen LogP) is 6.00. The molecule has 32 heavy (non-hydrogen) atoms. The number of carbonyl (C=O) groups excluding carboxylic acids is 1. The van der Waals surface area contributed by atoms with Gasteiger partial charge in [-0.2, -0.15) is 13.2 Å². The molecule has 2 N–H and O–H groups in total. The number of alkyl halides is 3. The van der Waals surface area contributed by atoms with Crippen LogP contribution in [0.15, 0.2) is 46.4 Å². The van der Waals surface area contributed by atoms with E-state index in [9.17, 15) is 23.1 Å². The monoisotopic (exact) mass is 457 g/mol. The van der Waals surface area contributed by atoms with Crippen molar-refractivity contribution >= 4 is 5.78 Å². The Kier molecular flexibility index (Phi) is 11.3. The van der Waals surface area contributed by atoms with Crippen LogP contribution in [0.2, 0.25) is 0 Å². The van der Waals surface area contributed by atoms with Gasteiger partial charge >= 0.3 is 6.18 Å². The highest BCUT2D eigenvalue weighted by Crippen LogP contribution is 2.34. The van der Waals surface area contributed by atoms with E-state index in [1.807, 2.05) is 13.0 Å². The standard InChI is InChI=1S/C25H38F3NO3/c1-16(2)9-7-10-17(3)11-8-12-18(4)13-14-20-19(5)22(30)24(32-6)21(23(20)31)29-15-25(26,27)28/h9,11,13,19-20,23,29,31H,7-8,10,12,14-15H2,1-6H3/b17-11+,18-13+/t19-,20-,23-/m0/s1. The van der Waals surface area contributed by atoms with E-state index in [1.54, 1.807) is 6.92 Å². The van der Waals surface area contributed by atoms with E-state index >= 15 is 0 Å². The first kappa shape index (κ1) is 28.0. The lowest BCUT2D eigenvalue weighted by molar-refractivity contribution is -0.130. The van der Waals surface area contributed by atoms with Gasteiger partial charge in [0.2, 0.25) is 5.78 Å². The van der Waals surface area contributed by atoms with E-state index in [0.29, 0.717) is 6.42 Å². The van der Waals surface area contributed by atoms with Gasteiger partial charge in [-0.1, -0.05) is 41.9 Å². The van der Waals surface area contributed by atoms with E-state index in [-0.39, 0.29) is 11.5 Å². The van der Waals surface area contributed by atoms with Gasteiger partial charge in [0.15, 0.2) is 5.76 Å². The molecule has 3 atom stereocenters.